The zero-order chi connectivity index (χ0) is 17.9. The van der Waals surface area contributed by atoms with Crippen LogP contribution in [-0.2, 0) is 6.54 Å². The van der Waals surface area contributed by atoms with Crippen molar-refractivity contribution >= 4 is 5.91 Å². The first kappa shape index (κ1) is 16.6. The van der Waals surface area contributed by atoms with E-state index in [4.69, 9.17) is 5.10 Å². The van der Waals surface area contributed by atoms with Gasteiger partial charge >= 0.3 is 0 Å². The van der Waals surface area contributed by atoms with Crippen LogP contribution in [0.5, 0.6) is 0 Å². The van der Waals surface area contributed by atoms with E-state index < -0.39 is 0 Å². The van der Waals surface area contributed by atoms with E-state index in [9.17, 15) is 4.79 Å². The molecule has 1 aromatic heterocycles. The van der Waals surface area contributed by atoms with Gasteiger partial charge in [0.1, 0.15) is 5.69 Å². The minimum absolute atomic E-state index is 0.0948. The molecule has 0 N–H and O–H groups in total. The van der Waals surface area contributed by atoms with Crippen molar-refractivity contribution in [1.82, 2.24) is 14.7 Å². The van der Waals surface area contributed by atoms with Crippen LogP contribution in [0.4, 0.5) is 0 Å². The highest BCUT2D eigenvalue weighted by Gasteiger charge is 2.25. The Bertz CT molecular complexity index is 891. The number of likely N-dealkylation sites (tertiary alicyclic amines) is 1. The summed E-state index contributed by atoms with van der Waals surface area (Å²) in [6.45, 7) is 4.41. The van der Waals surface area contributed by atoms with Crippen LogP contribution >= 0.6 is 0 Å². The summed E-state index contributed by atoms with van der Waals surface area (Å²) < 4.78 is 1.88. The Morgan fingerprint density at radius 1 is 1.00 bits per heavy atom. The van der Waals surface area contributed by atoms with Gasteiger partial charge in [0.05, 0.1) is 12.1 Å². The number of benzene rings is 2. The van der Waals surface area contributed by atoms with Crippen LogP contribution in [-0.4, -0.2) is 33.7 Å². The molecule has 0 atom stereocenters. The fraction of sp³-hybridized carbons (Fsp3) is 0.273. The second kappa shape index (κ2) is 7.16. The highest BCUT2D eigenvalue weighted by molar-refractivity contribution is 6.00. The summed E-state index contributed by atoms with van der Waals surface area (Å²) in [5.41, 5.74) is 4.84. The summed E-state index contributed by atoms with van der Waals surface area (Å²) in [6, 6.07) is 18.4. The molecule has 3 aromatic rings. The highest BCUT2D eigenvalue weighted by Crippen LogP contribution is 2.25. The SMILES string of the molecule is Cc1ccc(-c2nn(Cc3ccccc3)cc2C(=O)N2CCCC2)cc1. The van der Waals surface area contributed by atoms with Crippen molar-refractivity contribution in [2.75, 3.05) is 13.1 Å². The Morgan fingerprint density at radius 2 is 1.69 bits per heavy atom. The summed E-state index contributed by atoms with van der Waals surface area (Å²) >= 11 is 0. The van der Waals surface area contributed by atoms with Crippen molar-refractivity contribution in [3.05, 3.63) is 77.5 Å². The molecule has 1 amide bonds. The number of nitrogens with zero attached hydrogens (tertiary/aromatic N) is 3. The third-order valence-corrected chi connectivity index (χ3v) is 4.90. The van der Waals surface area contributed by atoms with Gasteiger partial charge < -0.3 is 4.90 Å². The molecule has 2 aromatic carbocycles. The second-order valence-electron chi connectivity index (χ2n) is 6.94. The van der Waals surface area contributed by atoms with Gasteiger partial charge in [-0.2, -0.15) is 5.10 Å². The summed E-state index contributed by atoms with van der Waals surface area (Å²) in [5.74, 6) is 0.0948. The van der Waals surface area contributed by atoms with Crippen LogP contribution in [0.25, 0.3) is 11.3 Å². The molecule has 0 aliphatic carbocycles. The summed E-state index contributed by atoms with van der Waals surface area (Å²) in [4.78, 5) is 15.0. The molecule has 1 aliphatic rings. The molecule has 132 valence electrons. The maximum absolute atomic E-state index is 13.0. The second-order valence-corrected chi connectivity index (χ2v) is 6.94. The maximum Gasteiger partial charge on any atom is 0.257 e. The van der Waals surface area contributed by atoms with Gasteiger partial charge in [0.25, 0.3) is 5.91 Å². The van der Waals surface area contributed by atoms with Gasteiger partial charge in [0.15, 0.2) is 0 Å². The number of carbonyl (C=O) groups excluding carboxylic acids is 1. The molecule has 0 saturated carbocycles. The lowest BCUT2D eigenvalue weighted by Crippen LogP contribution is -2.27. The molecule has 1 fully saturated rings. The van der Waals surface area contributed by atoms with Crippen molar-refractivity contribution in [3.8, 4) is 11.3 Å². The van der Waals surface area contributed by atoms with E-state index >= 15 is 0 Å². The van der Waals surface area contributed by atoms with Crippen molar-refractivity contribution < 1.29 is 4.79 Å². The van der Waals surface area contributed by atoms with Gasteiger partial charge in [0, 0.05) is 24.8 Å². The first-order chi connectivity index (χ1) is 12.7. The predicted octanol–water partition coefficient (Wildman–Crippen LogP) is 4.14. The van der Waals surface area contributed by atoms with Gasteiger partial charge in [-0.3, -0.25) is 9.48 Å². The molecule has 0 radical (unpaired) electrons. The Kier molecular flexibility index (Phi) is 4.57. The van der Waals surface area contributed by atoms with E-state index in [1.165, 1.54) is 11.1 Å². The van der Waals surface area contributed by atoms with Crippen molar-refractivity contribution in [2.45, 2.75) is 26.3 Å². The third kappa shape index (κ3) is 3.40. The fourth-order valence-corrected chi connectivity index (χ4v) is 3.44. The molecular weight excluding hydrogens is 322 g/mol. The molecule has 0 spiro atoms. The number of rotatable bonds is 4. The molecule has 0 unspecified atom stereocenters. The lowest BCUT2D eigenvalue weighted by molar-refractivity contribution is 0.0793. The molecular formula is C22H23N3O. The van der Waals surface area contributed by atoms with E-state index in [2.05, 4.69) is 31.2 Å². The Balaban J connectivity index is 1.72. The van der Waals surface area contributed by atoms with Gasteiger partial charge in [-0.1, -0.05) is 60.2 Å². The average Bonchev–Trinajstić information content (AvgIpc) is 3.33. The van der Waals surface area contributed by atoms with E-state index in [0.29, 0.717) is 12.1 Å². The summed E-state index contributed by atoms with van der Waals surface area (Å²) in [5, 5.41) is 4.77. The van der Waals surface area contributed by atoms with Crippen molar-refractivity contribution in [2.24, 2.45) is 0 Å². The van der Waals surface area contributed by atoms with E-state index in [1.807, 2.05) is 46.1 Å². The van der Waals surface area contributed by atoms with Crippen molar-refractivity contribution in [3.63, 3.8) is 0 Å². The van der Waals surface area contributed by atoms with Crippen LogP contribution in [0.2, 0.25) is 0 Å². The quantitative estimate of drug-likeness (QED) is 0.713. The number of aromatic nitrogens is 2. The van der Waals surface area contributed by atoms with Gasteiger partial charge in [-0.15, -0.1) is 0 Å². The zero-order valence-electron chi connectivity index (χ0n) is 15.1. The van der Waals surface area contributed by atoms with Crippen LogP contribution in [0.15, 0.2) is 60.8 Å². The Hall–Kier alpha value is -2.88. The summed E-state index contributed by atoms with van der Waals surface area (Å²) in [6.07, 6.45) is 4.08. The third-order valence-electron chi connectivity index (χ3n) is 4.90. The Labute approximate surface area is 154 Å². The van der Waals surface area contributed by atoms with E-state index in [0.717, 1.165) is 37.2 Å². The minimum atomic E-state index is 0.0948. The standard InChI is InChI=1S/C22H23N3O/c1-17-9-11-19(12-10-17)21-20(22(26)24-13-5-6-14-24)16-25(23-21)15-18-7-3-2-4-8-18/h2-4,7-12,16H,5-6,13-15H2,1H3. The van der Waals surface area contributed by atoms with E-state index in [-0.39, 0.29) is 5.91 Å². The normalized spacial score (nSPS) is 14.0. The molecule has 0 bridgehead atoms. The number of amides is 1. The summed E-state index contributed by atoms with van der Waals surface area (Å²) in [7, 11) is 0. The molecule has 1 saturated heterocycles. The monoisotopic (exact) mass is 345 g/mol. The molecule has 2 heterocycles. The van der Waals surface area contributed by atoms with Crippen LogP contribution < -0.4 is 0 Å². The fourth-order valence-electron chi connectivity index (χ4n) is 3.44. The predicted molar refractivity (Wildman–Crippen MR) is 103 cm³/mol. The first-order valence-electron chi connectivity index (χ1n) is 9.18. The smallest absolute Gasteiger partial charge is 0.257 e. The molecule has 4 nitrogen and oxygen atoms in total. The molecule has 26 heavy (non-hydrogen) atoms. The lowest BCUT2D eigenvalue weighted by atomic mass is 10.1. The van der Waals surface area contributed by atoms with Gasteiger partial charge in [-0.05, 0) is 25.3 Å². The van der Waals surface area contributed by atoms with Crippen LogP contribution in [0, 0.1) is 6.92 Å². The Morgan fingerprint density at radius 3 is 2.38 bits per heavy atom. The first-order valence-corrected chi connectivity index (χ1v) is 9.18. The maximum atomic E-state index is 13.0. The van der Waals surface area contributed by atoms with Crippen LogP contribution in [0.1, 0.15) is 34.3 Å². The number of aryl methyl sites for hydroxylation is 1. The van der Waals surface area contributed by atoms with Gasteiger partial charge in [-0.25, -0.2) is 0 Å². The van der Waals surface area contributed by atoms with E-state index in [1.54, 1.807) is 0 Å². The minimum Gasteiger partial charge on any atom is -0.339 e. The number of carbonyl (C=O) groups is 1. The zero-order valence-corrected chi connectivity index (χ0v) is 15.1. The van der Waals surface area contributed by atoms with Crippen molar-refractivity contribution in [1.29, 1.82) is 0 Å². The topological polar surface area (TPSA) is 38.1 Å². The highest BCUT2D eigenvalue weighted by atomic mass is 16.2. The number of hydrogen-bond donors (Lipinski definition) is 0. The number of hydrogen-bond acceptors (Lipinski definition) is 2. The van der Waals surface area contributed by atoms with Crippen LogP contribution in [0.3, 0.4) is 0 Å². The lowest BCUT2D eigenvalue weighted by Gasteiger charge is -2.14. The average molecular weight is 345 g/mol. The molecule has 4 rings (SSSR count). The largest absolute Gasteiger partial charge is 0.339 e. The molecule has 1 aliphatic heterocycles. The van der Waals surface area contributed by atoms with Gasteiger partial charge in [0.2, 0.25) is 0 Å². The molecule has 4 heteroatoms.